The summed E-state index contributed by atoms with van der Waals surface area (Å²) in [6.45, 7) is 0. The summed E-state index contributed by atoms with van der Waals surface area (Å²) in [4.78, 5) is 5.58. The Morgan fingerprint density at radius 1 is 1.10 bits per heavy atom. The molecule has 21 heavy (non-hydrogen) atoms. The van der Waals surface area contributed by atoms with E-state index in [1.807, 2.05) is 36.4 Å². The van der Waals surface area contributed by atoms with Crippen molar-refractivity contribution < 1.29 is 9.57 Å². The molecule has 1 heterocycles. The van der Waals surface area contributed by atoms with E-state index in [9.17, 15) is 0 Å². The van der Waals surface area contributed by atoms with E-state index in [0.29, 0.717) is 0 Å². The molecule has 3 nitrogen and oxygen atoms in total. The molecule has 0 radical (unpaired) electrons. The van der Waals surface area contributed by atoms with Gasteiger partial charge in [-0.2, -0.15) is 0 Å². The Bertz CT molecular complexity index is 595. The maximum atomic E-state index is 5.61. The molecular formula is C18H19NO2. The number of ether oxygens (including phenoxy) is 1. The lowest BCUT2D eigenvalue weighted by molar-refractivity contribution is 0.0855. The third-order valence-electron chi connectivity index (χ3n) is 3.70. The van der Waals surface area contributed by atoms with E-state index in [0.717, 1.165) is 24.1 Å². The number of methoxy groups -OCH3 is 1. The van der Waals surface area contributed by atoms with Gasteiger partial charge in [-0.05, 0) is 11.1 Å². The Kier molecular flexibility index (Phi) is 4.31. The van der Waals surface area contributed by atoms with Crippen LogP contribution >= 0.6 is 0 Å². The Morgan fingerprint density at radius 3 is 2.43 bits per heavy atom. The van der Waals surface area contributed by atoms with Gasteiger partial charge in [-0.15, -0.1) is 0 Å². The summed E-state index contributed by atoms with van der Waals surface area (Å²) in [5.74, 6) is 0. The van der Waals surface area contributed by atoms with Crippen molar-refractivity contribution in [2.45, 2.75) is 25.0 Å². The fraction of sp³-hybridized carbons (Fsp3) is 0.278. The molecular weight excluding hydrogens is 262 g/mol. The molecule has 2 aromatic carbocycles. The number of oxime groups is 1. The average Bonchev–Trinajstić information content (AvgIpc) is 2.98. The van der Waals surface area contributed by atoms with E-state index in [-0.39, 0.29) is 12.2 Å². The monoisotopic (exact) mass is 281 g/mol. The predicted octanol–water partition coefficient (Wildman–Crippen LogP) is 3.76. The van der Waals surface area contributed by atoms with Gasteiger partial charge in [0.15, 0.2) is 0 Å². The Balaban J connectivity index is 1.65. The van der Waals surface area contributed by atoms with E-state index in [2.05, 4.69) is 29.4 Å². The van der Waals surface area contributed by atoms with Gasteiger partial charge in [0, 0.05) is 20.0 Å². The molecule has 0 fully saturated rings. The molecule has 0 saturated carbocycles. The lowest BCUT2D eigenvalue weighted by atomic mass is 9.98. The van der Waals surface area contributed by atoms with E-state index >= 15 is 0 Å². The lowest BCUT2D eigenvalue weighted by Gasteiger charge is -2.15. The molecule has 0 aromatic heterocycles. The zero-order valence-corrected chi connectivity index (χ0v) is 12.1. The smallest absolute Gasteiger partial charge is 0.137 e. The quantitative estimate of drug-likeness (QED) is 0.835. The second-order valence-electron chi connectivity index (χ2n) is 5.23. The van der Waals surface area contributed by atoms with Gasteiger partial charge in [-0.25, -0.2) is 0 Å². The molecule has 108 valence electrons. The Morgan fingerprint density at radius 2 is 1.76 bits per heavy atom. The molecule has 1 aliphatic rings. The summed E-state index contributed by atoms with van der Waals surface area (Å²) in [6, 6.07) is 20.5. The number of benzene rings is 2. The molecule has 0 saturated heterocycles. The summed E-state index contributed by atoms with van der Waals surface area (Å²) >= 11 is 0. The second kappa shape index (κ2) is 6.55. The number of nitrogens with zero attached hydrogens (tertiary/aromatic N) is 1. The van der Waals surface area contributed by atoms with E-state index in [1.165, 1.54) is 5.56 Å². The minimum atomic E-state index is -0.119. The topological polar surface area (TPSA) is 30.8 Å². The van der Waals surface area contributed by atoms with Crippen LogP contribution in [0.15, 0.2) is 65.8 Å². The van der Waals surface area contributed by atoms with Crippen LogP contribution in [-0.2, 0) is 16.0 Å². The Hall–Kier alpha value is -2.13. The highest BCUT2D eigenvalue weighted by Crippen LogP contribution is 2.26. The normalized spacial score (nSPS) is 18.9. The van der Waals surface area contributed by atoms with Crippen LogP contribution < -0.4 is 0 Å². The molecule has 0 N–H and O–H groups in total. The molecule has 1 aliphatic heterocycles. The molecule has 2 atom stereocenters. The summed E-state index contributed by atoms with van der Waals surface area (Å²) in [5.41, 5.74) is 3.35. The minimum absolute atomic E-state index is 0.101. The van der Waals surface area contributed by atoms with Crippen LogP contribution in [0, 0.1) is 0 Å². The highest BCUT2D eigenvalue weighted by Gasteiger charge is 2.28. The first-order valence-electron chi connectivity index (χ1n) is 7.21. The molecule has 3 heteroatoms. The van der Waals surface area contributed by atoms with Crippen molar-refractivity contribution in [2.24, 2.45) is 5.16 Å². The van der Waals surface area contributed by atoms with Crippen LogP contribution in [0.2, 0.25) is 0 Å². The third kappa shape index (κ3) is 3.31. The van der Waals surface area contributed by atoms with Gasteiger partial charge < -0.3 is 9.57 Å². The van der Waals surface area contributed by atoms with Crippen molar-refractivity contribution in [1.82, 2.24) is 0 Å². The molecule has 0 amide bonds. The predicted molar refractivity (Wildman–Crippen MR) is 83.3 cm³/mol. The summed E-state index contributed by atoms with van der Waals surface area (Å²) < 4.78 is 5.61. The van der Waals surface area contributed by atoms with Crippen molar-refractivity contribution in [1.29, 1.82) is 0 Å². The number of hydrogen-bond acceptors (Lipinski definition) is 3. The number of rotatable bonds is 5. The summed E-state index contributed by atoms with van der Waals surface area (Å²) in [5, 5.41) is 4.25. The highest BCUT2D eigenvalue weighted by atomic mass is 16.6. The SMILES string of the molecule is CO[C@@H](C1=NO[C@H](Cc2ccccc2)C1)c1ccccc1. The summed E-state index contributed by atoms with van der Waals surface area (Å²) in [7, 11) is 1.71. The molecule has 0 aliphatic carbocycles. The minimum Gasteiger partial charge on any atom is -0.392 e. The van der Waals surface area contributed by atoms with Gasteiger partial charge in [-0.3, -0.25) is 0 Å². The lowest BCUT2D eigenvalue weighted by Crippen LogP contribution is -2.17. The fourth-order valence-corrected chi connectivity index (χ4v) is 2.68. The zero-order valence-electron chi connectivity index (χ0n) is 12.1. The maximum Gasteiger partial charge on any atom is 0.137 e. The largest absolute Gasteiger partial charge is 0.392 e. The van der Waals surface area contributed by atoms with Crippen LogP contribution in [0.25, 0.3) is 0 Å². The fourth-order valence-electron chi connectivity index (χ4n) is 2.68. The standard InChI is InChI=1S/C18H19NO2/c1-20-18(15-10-6-3-7-11-15)17-13-16(21-19-17)12-14-8-4-2-5-9-14/h2-11,16,18H,12-13H2,1H3/t16-,18-/m1/s1. The number of hydrogen-bond donors (Lipinski definition) is 0. The molecule has 0 bridgehead atoms. The van der Waals surface area contributed by atoms with Gasteiger partial charge in [-0.1, -0.05) is 65.8 Å². The Labute approximate surface area is 125 Å². The van der Waals surface area contributed by atoms with Crippen LogP contribution in [-0.4, -0.2) is 18.9 Å². The van der Waals surface area contributed by atoms with E-state index < -0.39 is 0 Å². The summed E-state index contributed by atoms with van der Waals surface area (Å²) in [6.07, 6.45) is 1.66. The van der Waals surface area contributed by atoms with Crippen LogP contribution in [0.4, 0.5) is 0 Å². The van der Waals surface area contributed by atoms with Crippen LogP contribution in [0.1, 0.15) is 23.7 Å². The van der Waals surface area contributed by atoms with Gasteiger partial charge in [0.25, 0.3) is 0 Å². The van der Waals surface area contributed by atoms with Crippen molar-refractivity contribution in [3.8, 4) is 0 Å². The van der Waals surface area contributed by atoms with Crippen LogP contribution in [0.5, 0.6) is 0 Å². The second-order valence-corrected chi connectivity index (χ2v) is 5.23. The van der Waals surface area contributed by atoms with Gasteiger partial charge in [0.05, 0.1) is 5.71 Å². The molecule has 0 spiro atoms. The van der Waals surface area contributed by atoms with E-state index in [1.54, 1.807) is 7.11 Å². The average molecular weight is 281 g/mol. The van der Waals surface area contributed by atoms with Crippen molar-refractivity contribution in [3.05, 3.63) is 71.8 Å². The maximum absolute atomic E-state index is 5.61. The van der Waals surface area contributed by atoms with Gasteiger partial charge in [0.1, 0.15) is 12.2 Å². The van der Waals surface area contributed by atoms with Crippen LogP contribution in [0.3, 0.4) is 0 Å². The van der Waals surface area contributed by atoms with Crippen molar-refractivity contribution >= 4 is 5.71 Å². The van der Waals surface area contributed by atoms with Gasteiger partial charge in [0.2, 0.25) is 0 Å². The van der Waals surface area contributed by atoms with Crippen molar-refractivity contribution in [3.63, 3.8) is 0 Å². The molecule has 3 rings (SSSR count). The van der Waals surface area contributed by atoms with E-state index in [4.69, 9.17) is 9.57 Å². The first-order chi connectivity index (χ1) is 10.4. The van der Waals surface area contributed by atoms with Crippen molar-refractivity contribution in [2.75, 3.05) is 7.11 Å². The molecule has 0 unspecified atom stereocenters. The highest BCUT2D eigenvalue weighted by molar-refractivity contribution is 5.90. The van der Waals surface area contributed by atoms with Gasteiger partial charge >= 0.3 is 0 Å². The molecule has 2 aromatic rings. The zero-order chi connectivity index (χ0) is 14.5. The first kappa shape index (κ1) is 13.8. The first-order valence-corrected chi connectivity index (χ1v) is 7.21. The third-order valence-corrected chi connectivity index (χ3v) is 3.70.